The van der Waals surface area contributed by atoms with Gasteiger partial charge in [0.15, 0.2) is 0 Å². The minimum atomic E-state index is -0.508. The maximum Gasteiger partial charge on any atom is 0.247 e. The first-order valence-corrected chi connectivity index (χ1v) is 12.0. The Morgan fingerprint density at radius 2 is 1.72 bits per heavy atom. The molecule has 1 aromatic carbocycles. The van der Waals surface area contributed by atoms with Crippen LogP contribution in [-0.4, -0.2) is 55.0 Å². The van der Waals surface area contributed by atoms with Gasteiger partial charge in [0.1, 0.15) is 12.6 Å². The van der Waals surface area contributed by atoms with Crippen LogP contribution in [0.3, 0.4) is 0 Å². The Morgan fingerprint density at radius 1 is 1.06 bits per heavy atom. The van der Waals surface area contributed by atoms with Crippen molar-refractivity contribution in [1.82, 2.24) is 30.4 Å². The lowest BCUT2D eigenvalue weighted by Crippen LogP contribution is -2.55. The highest BCUT2D eigenvalue weighted by atomic mass is 16.2. The summed E-state index contributed by atoms with van der Waals surface area (Å²) in [5.41, 5.74) is 2.02. The van der Waals surface area contributed by atoms with Crippen LogP contribution in [0, 0.1) is 6.92 Å². The lowest BCUT2D eigenvalue weighted by molar-refractivity contribution is -0.144. The molecule has 2 aliphatic rings. The number of hydrogen-bond donors (Lipinski definition) is 1. The van der Waals surface area contributed by atoms with Gasteiger partial charge in [-0.2, -0.15) is 4.80 Å². The number of tetrazole rings is 1. The van der Waals surface area contributed by atoms with Gasteiger partial charge in [-0.15, -0.1) is 10.2 Å². The second kappa shape index (κ2) is 10.2. The molecule has 2 aliphatic carbocycles. The summed E-state index contributed by atoms with van der Waals surface area (Å²) in [4.78, 5) is 29.5. The topological polar surface area (TPSA) is 93.0 Å². The molecule has 172 valence electrons. The fourth-order valence-electron chi connectivity index (χ4n) is 4.94. The van der Waals surface area contributed by atoms with Crippen molar-refractivity contribution in [2.24, 2.45) is 0 Å². The van der Waals surface area contributed by atoms with Crippen molar-refractivity contribution in [3.63, 3.8) is 0 Å². The van der Waals surface area contributed by atoms with Crippen LogP contribution in [0.2, 0.25) is 0 Å². The second-order valence-electron chi connectivity index (χ2n) is 9.27. The first-order chi connectivity index (χ1) is 15.5. The van der Waals surface area contributed by atoms with Crippen molar-refractivity contribution >= 4 is 11.8 Å². The lowest BCUT2D eigenvalue weighted by atomic mass is 9.93. The molecule has 1 atom stereocenters. The summed E-state index contributed by atoms with van der Waals surface area (Å²) in [6.07, 6.45) is 9.61. The van der Waals surface area contributed by atoms with Gasteiger partial charge >= 0.3 is 0 Å². The Morgan fingerprint density at radius 3 is 2.41 bits per heavy atom. The van der Waals surface area contributed by atoms with Crippen molar-refractivity contribution in [2.75, 3.05) is 0 Å². The molecule has 2 aromatic rings. The van der Waals surface area contributed by atoms with Crippen LogP contribution >= 0.6 is 0 Å². The number of aromatic nitrogens is 4. The molecule has 1 aromatic heterocycles. The van der Waals surface area contributed by atoms with E-state index in [0.29, 0.717) is 5.82 Å². The summed E-state index contributed by atoms with van der Waals surface area (Å²) in [6.45, 7) is 3.86. The Kier molecular flexibility index (Phi) is 7.17. The predicted molar refractivity (Wildman–Crippen MR) is 122 cm³/mol. The second-order valence-corrected chi connectivity index (χ2v) is 9.27. The summed E-state index contributed by atoms with van der Waals surface area (Å²) >= 11 is 0. The first kappa shape index (κ1) is 22.4. The smallest absolute Gasteiger partial charge is 0.247 e. The zero-order valence-electron chi connectivity index (χ0n) is 19.2. The Balaban J connectivity index is 1.47. The highest BCUT2D eigenvalue weighted by Gasteiger charge is 2.34. The molecule has 2 amide bonds. The van der Waals surface area contributed by atoms with E-state index in [4.69, 9.17) is 0 Å². The van der Waals surface area contributed by atoms with Crippen LogP contribution in [0.4, 0.5) is 0 Å². The number of benzene rings is 1. The molecule has 2 fully saturated rings. The van der Waals surface area contributed by atoms with Crippen molar-refractivity contribution < 1.29 is 9.59 Å². The monoisotopic (exact) mass is 438 g/mol. The Bertz CT molecular complexity index is 913. The van der Waals surface area contributed by atoms with Gasteiger partial charge in [0.05, 0.1) is 0 Å². The molecule has 0 aliphatic heterocycles. The molecule has 1 N–H and O–H groups in total. The summed E-state index contributed by atoms with van der Waals surface area (Å²) < 4.78 is 0. The Labute approximate surface area is 189 Å². The SMILES string of the molecule is Cc1ccc(-c2nnn(CC(=O)N(C3CCCCC3)C(C)C(=O)NC3CCCC3)n2)cc1. The van der Waals surface area contributed by atoms with E-state index in [-0.39, 0.29) is 30.4 Å². The third kappa shape index (κ3) is 5.34. The minimum absolute atomic E-state index is 0.0175. The van der Waals surface area contributed by atoms with Crippen LogP contribution in [0.15, 0.2) is 24.3 Å². The highest BCUT2D eigenvalue weighted by Crippen LogP contribution is 2.25. The number of hydrogen-bond acceptors (Lipinski definition) is 5. The van der Waals surface area contributed by atoms with E-state index in [0.717, 1.165) is 62.5 Å². The van der Waals surface area contributed by atoms with Crippen LogP contribution in [-0.2, 0) is 16.1 Å². The summed E-state index contributed by atoms with van der Waals surface area (Å²) in [5, 5.41) is 15.8. The van der Waals surface area contributed by atoms with E-state index in [2.05, 4.69) is 20.7 Å². The average molecular weight is 439 g/mol. The summed E-state index contributed by atoms with van der Waals surface area (Å²) in [7, 11) is 0. The van der Waals surface area contributed by atoms with Crippen molar-refractivity contribution in [2.45, 2.75) is 96.3 Å². The van der Waals surface area contributed by atoms with Crippen molar-refractivity contribution in [3.05, 3.63) is 29.8 Å². The molecule has 2 saturated carbocycles. The molecule has 32 heavy (non-hydrogen) atoms. The third-order valence-electron chi connectivity index (χ3n) is 6.79. The van der Waals surface area contributed by atoms with Gasteiger partial charge in [0.25, 0.3) is 0 Å². The minimum Gasteiger partial charge on any atom is -0.352 e. The van der Waals surface area contributed by atoms with E-state index in [1.165, 1.54) is 11.2 Å². The first-order valence-electron chi connectivity index (χ1n) is 12.0. The predicted octanol–water partition coefficient (Wildman–Crippen LogP) is 3.26. The quantitative estimate of drug-likeness (QED) is 0.716. The third-order valence-corrected chi connectivity index (χ3v) is 6.79. The largest absolute Gasteiger partial charge is 0.352 e. The maximum absolute atomic E-state index is 13.4. The molecular weight excluding hydrogens is 404 g/mol. The van der Waals surface area contributed by atoms with E-state index >= 15 is 0 Å². The molecular formula is C24H34N6O2. The number of nitrogens with one attached hydrogen (secondary N) is 1. The van der Waals surface area contributed by atoms with Gasteiger partial charge in [-0.05, 0) is 44.7 Å². The summed E-state index contributed by atoms with van der Waals surface area (Å²) in [6, 6.07) is 7.70. The van der Waals surface area contributed by atoms with Gasteiger partial charge in [-0.25, -0.2) is 0 Å². The molecule has 0 saturated heterocycles. The molecule has 4 rings (SSSR count). The zero-order valence-corrected chi connectivity index (χ0v) is 19.2. The zero-order chi connectivity index (χ0) is 22.5. The van der Waals surface area contributed by atoms with Crippen molar-refractivity contribution in [1.29, 1.82) is 0 Å². The lowest BCUT2D eigenvalue weighted by Gasteiger charge is -2.38. The van der Waals surface area contributed by atoms with Crippen LogP contribution in [0.25, 0.3) is 11.4 Å². The highest BCUT2D eigenvalue weighted by molar-refractivity contribution is 5.87. The van der Waals surface area contributed by atoms with Crippen LogP contribution < -0.4 is 5.32 Å². The van der Waals surface area contributed by atoms with Gasteiger partial charge in [-0.1, -0.05) is 61.9 Å². The van der Waals surface area contributed by atoms with Gasteiger partial charge in [0, 0.05) is 17.6 Å². The van der Waals surface area contributed by atoms with Crippen molar-refractivity contribution in [3.8, 4) is 11.4 Å². The molecule has 0 radical (unpaired) electrons. The average Bonchev–Trinajstić information content (AvgIpc) is 3.47. The van der Waals surface area contributed by atoms with E-state index in [9.17, 15) is 9.59 Å². The molecule has 8 nitrogen and oxygen atoms in total. The molecule has 8 heteroatoms. The fraction of sp³-hybridized carbons (Fsp3) is 0.625. The number of aryl methyl sites for hydroxylation is 1. The van der Waals surface area contributed by atoms with Gasteiger partial charge in [-0.3, -0.25) is 9.59 Å². The molecule has 1 unspecified atom stereocenters. The Hall–Kier alpha value is -2.77. The summed E-state index contributed by atoms with van der Waals surface area (Å²) in [5.74, 6) is 0.315. The fourth-order valence-corrected chi connectivity index (χ4v) is 4.94. The number of carbonyl (C=O) groups is 2. The number of carbonyl (C=O) groups excluding carboxylic acids is 2. The maximum atomic E-state index is 13.4. The molecule has 1 heterocycles. The van der Waals surface area contributed by atoms with Gasteiger partial charge in [0.2, 0.25) is 17.6 Å². The number of nitrogens with zero attached hydrogens (tertiary/aromatic N) is 5. The van der Waals surface area contributed by atoms with E-state index in [1.54, 1.807) is 4.90 Å². The number of rotatable bonds is 7. The molecule has 0 spiro atoms. The normalized spacial score (nSPS) is 18.4. The van der Waals surface area contributed by atoms with Crippen LogP contribution in [0.1, 0.15) is 70.3 Å². The van der Waals surface area contributed by atoms with Gasteiger partial charge < -0.3 is 10.2 Å². The molecule has 0 bridgehead atoms. The van der Waals surface area contributed by atoms with E-state index < -0.39 is 6.04 Å². The van der Waals surface area contributed by atoms with E-state index in [1.807, 2.05) is 38.1 Å². The standard InChI is InChI=1S/C24H34N6O2/c1-17-12-14-19(15-13-17)23-26-28-29(27-23)16-22(31)30(21-10-4-3-5-11-21)18(2)24(32)25-20-8-6-7-9-20/h12-15,18,20-21H,3-11,16H2,1-2H3,(H,25,32). The number of amides is 2. The van der Waals surface area contributed by atoms with Crippen LogP contribution in [0.5, 0.6) is 0 Å².